The third-order valence-corrected chi connectivity index (χ3v) is 6.85. The van der Waals surface area contributed by atoms with Gasteiger partial charge in [-0.3, -0.25) is 0 Å². The van der Waals surface area contributed by atoms with Crippen LogP contribution in [0, 0.1) is 0 Å². The Balaban J connectivity index is 2.05. The van der Waals surface area contributed by atoms with Crippen molar-refractivity contribution >= 4 is 17.8 Å². The standard InChI is InChI=1S/C9H7O8P/c1-13-5-3-2-4-6-7(5)18(6,12)9(15-11)8(4,14-10)16-17-9/h2-3,10-11H,1H3. The molecule has 3 atom stereocenters. The summed E-state index contributed by atoms with van der Waals surface area (Å²) in [6, 6.07) is 3.08. The van der Waals surface area contributed by atoms with Gasteiger partial charge in [0.25, 0.3) is 0 Å². The summed E-state index contributed by atoms with van der Waals surface area (Å²) >= 11 is 0. The maximum Gasteiger partial charge on any atom is 0.354 e. The summed E-state index contributed by atoms with van der Waals surface area (Å²) in [7, 11) is -1.93. The van der Waals surface area contributed by atoms with Crippen LogP contribution in [0.1, 0.15) is 5.56 Å². The van der Waals surface area contributed by atoms with E-state index in [4.69, 9.17) is 20.1 Å². The smallest absolute Gasteiger partial charge is 0.354 e. The van der Waals surface area contributed by atoms with Crippen LogP contribution in [0.5, 0.6) is 5.75 Å². The maximum atomic E-state index is 12.9. The molecule has 18 heavy (non-hydrogen) atoms. The van der Waals surface area contributed by atoms with Crippen LogP contribution in [-0.2, 0) is 29.9 Å². The fourth-order valence-electron chi connectivity index (χ4n) is 2.76. The zero-order valence-electron chi connectivity index (χ0n) is 8.95. The molecule has 0 bridgehead atoms. The van der Waals surface area contributed by atoms with E-state index in [2.05, 4.69) is 14.7 Å². The lowest BCUT2D eigenvalue weighted by atomic mass is 10.0. The lowest BCUT2D eigenvalue weighted by Gasteiger charge is -2.47. The molecule has 4 rings (SSSR count). The highest BCUT2D eigenvalue weighted by molar-refractivity contribution is 7.91. The van der Waals surface area contributed by atoms with E-state index in [0.717, 1.165) is 0 Å². The lowest BCUT2D eigenvalue weighted by molar-refractivity contribution is -0.701. The van der Waals surface area contributed by atoms with Gasteiger partial charge in [-0.2, -0.15) is 19.6 Å². The number of ether oxygens (including phenoxy) is 1. The molecule has 0 radical (unpaired) electrons. The molecule has 3 heterocycles. The molecule has 1 fully saturated rings. The molecule has 0 amide bonds. The van der Waals surface area contributed by atoms with Crippen molar-refractivity contribution in [3.05, 3.63) is 17.7 Å². The molecule has 1 aromatic carbocycles. The first-order valence-corrected chi connectivity index (χ1v) is 6.68. The van der Waals surface area contributed by atoms with Crippen molar-refractivity contribution in [2.24, 2.45) is 0 Å². The van der Waals surface area contributed by atoms with Crippen LogP contribution in [0.15, 0.2) is 12.1 Å². The second kappa shape index (κ2) is 2.78. The van der Waals surface area contributed by atoms with Gasteiger partial charge < -0.3 is 9.30 Å². The van der Waals surface area contributed by atoms with E-state index in [1.165, 1.54) is 13.2 Å². The van der Waals surface area contributed by atoms with Crippen molar-refractivity contribution < 1.29 is 39.4 Å². The minimum absolute atomic E-state index is 0.296. The van der Waals surface area contributed by atoms with Gasteiger partial charge in [0, 0.05) is 10.9 Å². The molecule has 96 valence electrons. The molecule has 3 unspecified atom stereocenters. The van der Waals surface area contributed by atoms with Crippen molar-refractivity contribution in [2.45, 2.75) is 11.3 Å². The van der Waals surface area contributed by atoms with Gasteiger partial charge in [0.1, 0.15) is 5.75 Å². The number of hydrogen-bond donors (Lipinski definition) is 2. The van der Waals surface area contributed by atoms with Gasteiger partial charge in [-0.1, -0.05) is 0 Å². The molecule has 9 heteroatoms. The molecule has 0 aliphatic carbocycles. The first kappa shape index (κ1) is 10.9. The van der Waals surface area contributed by atoms with Crippen LogP contribution in [0.4, 0.5) is 0 Å². The Morgan fingerprint density at radius 3 is 2.50 bits per heavy atom. The largest absolute Gasteiger partial charge is 0.496 e. The van der Waals surface area contributed by atoms with Gasteiger partial charge in [-0.25, -0.2) is 10.5 Å². The minimum atomic E-state index is -3.36. The third kappa shape index (κ3) is 0.697. The van der Waals surface area contributed by atoms with Gasteiger partial charge in [0.05, 0.1) is 12.4 Å². The van der Waals surface area contributed by atoms with Crippen LogP contribution >= 0.6 is 7.14 Å². The van der Waals surface area contributed by atoms with Crippen molar-refractivity contribution in [2.75, 3.05) is 7.11 Å². The van der Waals surface area contributed by atoms with E-state index in [0.29, 0.717) is 21.9 Å². The monoisotopic (exact) mass is 274 g/mol. The molecular weight excluding hydrogens is 267 g/mol. The van der Waals surface area contributed by atoms with Crippen molar-refractivity contribution in [1.29, 1.82) is 0 Å². The highest BCUT2D eigenvalue weighted by Crippen LogP contribution is 2.82. The summed E-state index contributed by atoms with van der Waals surface area (Å²) in [6.07, 6.45) is 0. The van der Waals surface area contributed by atoms with Gasteiger partial charge in [-0.15, -0.1) is 0 Å². The minimum Gasteiger partial charge on any atom is -0.496 e. The molecule has 0 spiro atoms. The molecule has 8 nitrogen and oxygen atoms in total. The maximum absolute atomic E-state index is 12.9. The summed E-state index contributed by atoms with van der Waals surface area (Å²) in [6.45, 7) is 0. The Labute approximate surface area is 99.7 Å². The first-order valence-electron chi connectivity index (χ1n) is 4.97. The Bertz CT molecular complexity index is 621. The molecule has 1 saturated heterocycles. The van der Waals surface area contributed by atoms with E-state index in [1.807, 2.05) is 0 Å². The molecule has 3 aliphatic heterocycles. The summed E-state index contributed by atoms with van der Waals surface area (Å²) in [5, 5.41) is 18.8. The number of methoxy groups -OCH3 is 1. The zero-order valence-corrected chi connectivity index (χ0v) is 9.84. The Morgan fingerprint density at radius 2 is 2.00 bits per heavy atom. The Morgan fingerprint density at radius 1 is 1.22 bits per heavy atom. The zero-order chi connectivity index (χ0) is 12.8. The fraction of sp³-hybridized carbons (Fsp3) is 0.333. The van der Waals surface area contributed by atoms with Gasteiger partial charge in [-0.05, 0) is 12.1 Å². The molecule has 3 aliphatic rings. The number of fused-ring (bicyclic) bond motifs is 4. The highest BCUT2D eigenvalue weighted by Gasteiger charge is 2.91. The molecular formula is C9H7O8P. The van der Waals surface area contributed by atoms with Crippen molar-refractivity contribution in [3.8, 4) is 5.75 Å². The average Bonchev–Trinajstić information content (AvgIpc) is 2.95. The number of hydrogen-bond acceptors (Lipinski definition) is 8. The Hall–Kier alpha value is -0.990. The molecule has 0 saturated carbocycles. The summed E-state index contributed by atoms with van der Waals surface area (Å²) in [4.78, 5) is 17.8. The fourth-order valence-corrected chi connectivity index (χ4v) is 6.22. The van der Waals surface area contributed by atoms with E-state index in [1.54, 1.807) is 6.07 Å². The quantitative estimate of drug-likeness (QED) is 0.454. The average molecular weight is 274 g/mol. The first-order chi connectivity index (χ1) is 8.63. The topological polar surface area (TPSA) is 104 Å². The normalized spacial score (nSPS) is 41.9. The molecule has 1 aromatic rings. The SMILES string of the molecule is COc1ccc2c3c1P3(=O)C1(OO)OOC21OO. The van der Waals surface area contributed by atoms with E-state index in [-0.39, 0.29) is 0 Å². The van der Waals surface area contributed by atoms with Gasteiger partial charge in [0.15, 0.2) is 0 Å². The van der Waals surface area contributed by atoms with Gasteiger partial charge in [0.2, 0.25) is 7.14 Å². The van der Waals surface area contributed by atoms with Crippen LogP contribution in [0.25, 0.3) is 0 Å². The van der Waals surface area contributed by atoms with Crippen LogP contribution in [0.3, 0.4) is 0 Å². The van der Waals surface area contributed by atoms with Gasteiger partial charge >= 0.3 is 11.3 Å². The number of benzene rings is 1. The lowest BCUT2D eigenvalue weighted by Crippen LogP contribution is -2.64. The second-order valence-corrected chi connectivity index (χ2v) is 6.87. The summed E-state index contributed by atoms with van der Waals surface area (Å²) in [5.74, 6) is -1.51. The number of rotatable bonds is 3. The highest BCUT2D eigenvalue weighted by atomic mass is 31.2. The van der Waals surface area contributed by atoms with E-state index < -0.39 is 18.5 Å². The predicted molar refractivity (Wildman–Crippen MR) is 53.9 cm³/mol. The van der Waals surface area contributed by atoms with Crippen LogP contribution < -0.4 is 15.3 Å². The van der Waals surface area contributed by atoms with Crippen LogP contribution in [-0.4, -0.2) is 23.2 Å². The van der Waals surface area contributed by atoms with E-state index >= 15 is 0 Å². The molecule has 2 N–H and O–H groups in total. The Kier molecular flexibility index (Phi) is 1.68. The van der Waals surface area contributed by atoms with Crippen molar-refractivity contribution in [1.82, 2.24) is 0 Å². The second-order valence-electron chi connectivity index (χ2n) is 4.17. The van der Waals surface area contributed by atoms with E-state index in [9.17, 15) is 4.57 Å². The van der Waals surface area contributed by atoms with Crippen LogP contribution in [0.2, 0.25) is 0 Å². The summed E-state index contributed by atoms with van der Waals surface area (Å²) < 4.78 is 17.9. The van der Waals surface area contributed by atoms with Crippen molar-refractivity contribution in [3.63, 3.8) is 0 Å². The third-order valence-electron chi connectivity index (χ3n) is 3.62. The summed E-state index contributed by atoms with van der Waals surface area (Å²) in [5.41, 5.74) is -1.78. The molecule has 0 aromatic heterocycles. The predicted octanol–water partition coefficient (Wildman–Crippen LogP) is 0.0837.